The number of benzene rings is 1. The van der Waals surface area contributed by atoms with Gasteiger partial charge in [-0.25, -0.2) is 0 Å². The molecule has 100 valence electrons. The molecule has 0 amide bonds. The van der Waals surface area contributed by atoms with E-state index in [1.165, 1.54) is 22.5 Å². The first kappa shape index (κ1) is 12.5. The van der Waals surface area contributed by atoms with Gasteiger partial charge in [-0.3, -0.25) is 0 Å². The minimum atomic E-state index is -0.263. The van der Waals surface area contributed by atoms with E-state index in [9.17, 15) is 5.11 Å². The number of fused-ring (bicyclic) bond motifs is 1. The summed E-state index contributed by atoms with van der Waals surface area (Å²) < 4.78 is 2.38. The second kappa shape index (κ2) is 4.86. The Kier molecular flexibility index (Phi) is 3.19. The molecule has 0 saturated heterocycles. The molecular weight excluding hydrogens is 234 g/mol. The molecule has 2 nitrogen and oxygen atoms in total. The number of aromatic nitrogens is 1. The zero-order chi connectivity index (χ0) is 13.4. The highest BCUT2D eigenvalue weighted by atomic mass is 16.3. The number of aliphatic hydroxyl groups is 1. The van der Waals surface area contributed by atoms with Gasteiger partial charge in [-0.2, -0.15) is 0 Å². The molecule has 1 unspecified atom stereocenters. The highest BCUT2D eigenvalue weighted by Gasteiger charge is 2.23. The second-order valence-corrected chi connectivity index (χ2v) is 5.61. The normalized spacial score (nSPS) is 18.4. The first-order valence-corrected chi connectivity index (χ1v) is 7.08. The van der Waals surface area contributed by atoms with Crippen LogP contribution in [0.15, 0.2) is 30.3 Å². The van der Waals surface area contributed by atoms with E-state index in [-0.39, 0.29) is 6.10 Å². The Morgan fingerprint density at radius 1 is 1.26 bits per heavy atom. The Morgan fingerprint density at radius 2 is 2.05 bits per heavy atom. The quantitative estimate of drug-likeness (QED) is 0.872. The van der Waals surface area contributed by atoms with E-state index in [1.807, 2.05) is 0 Å². The lowest BCUT2D eigenvalue weighted by Crippen LogP contribution is -2.13. The zero-order valence-electron chi connectivity index (χ0n) is 11.7. The first-order valence-electron chi connectivity index (χ1n) is 7.08. The molecule has 3 rings (SSSR count). The Hall–Kier alpha value is -1.54. The summed E-state index contributed by atoms with van der Waals surface area (Å²) >= 11 is 0. The number of aryl methyl sites for hydroxylation is 2. The molecule has 1 heterocycles. The van der Waals surface area contributed by atoms with E-state index in [1.54, 1.807) is 0 Å². The van der Waals surface area contributed by atoms with Crippen molar-refractivity contribution in [3.8, 4) is 0 Å². The lowest BCUT2D eigenvalue weighted by Gasteiger charge is -2.21. The van der Waals surface area contributed by atoms with Gasteiger partial charge in [0.15, 0.2) is 0 Å². The molecule has 1 atom stereocenters. The van der Waals surface area contributed by atoms with Crippen molar-refractivity contribution < 1.29 is 5.11 Å². The van der Waals surface area contributed by atoms with Gasteiger partial charge in [0.25, 0.3) is 0 Å². The van der Waals surface area contributed by atoms with E-state index in [2.05, 4.69) is 48.7 Å². The van der Waals surface area contributed by atoms with Crippen molar-refractivity contribution in [3.05, 3.63) is 58.4 Å². The van der Waals surface area contributed by atoms with Gasteiger partial charge < -0.3 is 9.67 Å². The van der Waals surface area contributed by atoms with E-state index in [0.717, 1.165) is 31.4 Å². The molecule has 1 aliphatic carbocycles. The van der Waals surface area contributed by atoms with Crippen LogP contribution in [0.25, 0.3) is 0 Å². The summed E-state index contributed by atoms with van der Waals surface area (Å²) in [6.07, 6.45) is 2.82. The van der Waals surface area contributed by atoms with Gasteiger partial charge in [0.1, 0.15) is 0 Å². The fourth-order valence-electron chi connectivity index (χ4n) is 3.12. The van der Waals surface area contributed by atoms with Crippen molar-refractivity contribution in [2.24, 2.45) is 0 Å². The smallest absolute Gasteiger partial charge is 0.0807 e. The summed E-state index contributed by atoms with van der Waals surface area (Å²) in [6.45, 7) is 5.22. The van der Waals surface area contributed by atoms with E-state index in [0.29, 0.717) is 0 Å². The highest BCUT2D eigenvalue weighted by molar-refractivity contribution is 5.34. The van der Waals surface area contributed by atoms with Crippen LogP contribution in [0.4, 0.5) is 0 Å². The standard InChI is InChI=1S/C17H21NO/c1-12-6-3-4-7-14(12)11-18-13(2)10-15-16(18)8-5-9-17(15)19/h3-4,6-7,10,17,19H,5,8-9,11H2,1-2H3. The van der Waals surface area contributed by atoms with E-state index in [4.69, 9.17) is 0 Å². The minimum Gasteiger partial charge on any atom is -0.388 e. The number of nitrogens with zero attached hydrogens (tertiary/aromatic N) is 1. The van der Waals surface area contributed by atoms with Crippen LogP contribution in [0.2, 0.25) is 0 Å². The van der Waals surface area contributed by atoms with Crippen molar-refractivity contribution in [1.82, 2.24) is 4.57 Å². The van der Waals surface area contributed by atoms with Crippen LogP contribution in [-0.2, 0) is 13.0 Å². The van der Waals surface area contributed by atoms with Gasteiger partial charge in [-0.15, -0.1) is 0 Å². The monoisotopic (exact) mass is 255 g/mol. The number of rotatable bonds is 2. The molecule has 0 radical (unpaired) electrons. The maximum Gasteiger partial charge on any atom is 0.0807 e. The van der Waals surface area contributed by atoms with Crippen molar-refractivity contribution >= 4 is 0 Å². The van der Waals surface area contributed by atoms with Gasteiger partial charge in [-0.1, -0.05) is 24.3 Å². The van der Waals surface area contributed by atoms with Gasteiger partial charge in [-0.05, 0) is 50.3 Å². The molecule has 1 aromatic heterocycles. The molecule has 1 N–H and O–H groups in total. The molecule has 0 saturated carbocycles. The first-order chi connectivity index (χ1) is 9.16. The van der Waals surface area contributed by atoms with Gasteiger partial charge >= 0.3 is 0 Å². The van der Waals surface area contributed by atoms with Crippen LogP contribution in [0.1, 0.15) is 47.0 Å². The Balaban J connectivity index is 2.00. The van der Waals surface area contributed by atoms with Crippen LogP contribution in [0, 0.1) is 13.8 Å². The third kappa shape index (κ3) is 2.21. The van der Waals surface area contributed by atoms with Gasteiger partial charge in [0.2, 0.25) is 0 Å². The molecule has 0 bridgehead atoms. The summed E-state index contributed by atoms with van der Waals surface area (Å²) in [5.41, 5.74) is 6.44. The summed E-state index contributed by atoms with van der Waals surface area (Å²) in [4.78, 5) is 0. The number of hydrogen-bond acceptors (Lipinski definition) is 1. The molecule has 0 fully saturated rings. The molecule has 1 aromatic carbocycles. The van der Waals surface area contributed by atoms with Crippen LogP contribution in [0.5, 0.6) is 0 Å². The lowest BCUT2D eigenvalue weighted by atomic mass is 9.95. The zero-order valence-corrected chi connectivity index (χ0v) is 11.7. The second-order valence-electron chi connectivity index (χ2n) is 5.61. The van der Waals surface area contributed by atoms with Crippen molar-refractivity contribution in [2.75, 3.05) is 0 Å². The van der Waals surface area contributed by atoms with E-state index >= 15 is 0 Å². The van der Waals surface area contributed by atoms with Gasteiger partial charge in [0, 0.05) is 23.5 Å². The Bertz CT molecular complexity index is 597. The van der Waals surface area contributed by atoms with Crippen LogP contribution >= 0.6 is 0 Å². The lowest BCUT2D eigenvalue weighted by molar-refractivity contribution is 0.156. The fraction of sp³-hybridized carbons (Fsp3) is 0.412. The maximum absolute atomic E-state index is 10.1. The molecule has 2 heteroatoms. The molecule has 0 spiro atoms. The third-order valence-corrected chi connectivity index (χ3v) is 4.29. The molecule has 0 aliphatic heterocycles. The van der Waals surface area contributed by atoms with Crippen LogP contribution in [-0.4, -0.2) is 9.67 Å². The summed E-state index contributed by atoms with van der Waals surface area (Å²) in [7, 11) is 0. The molecule has 19 heavy (non-hydrogen) atoms. The SMILES string of the molecule is Cc1ccccc1Cn1c(C)cc2c1CCCC2O. The Labute approximate surface area is 114 Å². The topological polar surface area (TPSA) is 25.2 Å². The van der Waals surface area contributed by atoms with Crippen molar-refractivity contribution in [3.63, 3.8) is 0 Å². The summed E-state index contributed by atoms with van der Waals surface area (Å²) in [6, 6.07) is 10.7. The van der Waals surface area contributed by atoms with Crippen molar-refractivity contribution in [1.29, 1.82) is 0 Å². The molecule has 1 aliphatic rings. The summed E-state index contributed by atoms with van der Waals surface area (Å²) in [5, 5.41) is 10.1. The predicted molar refractivity (Wildman–Crippen MR) is 77.3 cm³/mol. The van der Waals surface area contributed by atoms with E-state index < -0.39 is 0 Å². The number of hydrogen-bond donors (Lipinski definition) is 1. The summed E-state index contributed by atoms with van der Waals surface area (Å²) in [5.74, 6) is 0. The Morgan fingerprint density at radius 3 is 2.84 bits per heavy atom. The molecule has 2 aromatic rings. The predicted octanol–water partition coefficient (Wildman–Crippen LogP) is 3.52. The molecular formula is C17H21NO. The van der Waals surface area contributed by atoms with Crippen molar-refractivity contribution in [2.45, 2.75) is 45.8 Å². The highest BCUT2D eigenvalue weighted by Crippen LogP contribution is 2.32. The largest absolute Gasteiger partial charge is 0.388 e. The fourth-order valence-corrected chi connectivity index (χ4v) is 3.12. The van der Waals surface area contributed by atoms with Gasteiger partial charge in [0.05, 0.1) is 6.10 Å². The average Bonchev–Trinajstić information content (AvgIpc) is 2.71. The third-order valence-electron chi connectivity index (χ3n) is 4.29. The van der Waals surface area contributed by atoms with Crippen LogP contribution < -0.4 is 0 Å². The maximum atomic E-state index is 10.1. The van der Waals surface area contributed by atoms with Crippen LogP contribution in [0.3, 0.4) is 0 Å². The minimum absolute atomic E-state index is 0.263. The number of aliphatic hydroxyl groups excluding tert-OH is 1. The average molecular weight is 255 g/mol.